The lowest BCUT2D eigenvalue weighted by Crippen LogP contribution is -2.12. The van der Waals surface area contributed by atoms with Crippen LogP contribution in [-0.4, -0.2) is 38.4 Å². The lowest BCUT2D eigenvalue weighted by Gasteiger charge is -2.15. The van der Waals surface area contributed by atoms with Crippen LogP contribution in [0.1, 0.15) is 16.8 Å². The molecule has 0 bridgehead atoms. The number of amides is 1. The first-order valence-corrected chi connectivity index (χ1v) is 5.43. The molecule has 0 saturated carbocycles. The monoisotopic (exact) mass is 255 g/mol. The number of nitrogens with two attached hydrogens (primary N) is 1. The van der Waals surface area contributed by atoms with Gasteiger partial charge < -0.3 is 25.1 Å². The number of ether oxygens (including phenoxy) is 3. The second-order valence-electron chi connectivity index (χ2n) is 3.50. The van der Waals surface area contributed by atoms with E-state index in [1.54, 1.807) is 0 Å². The largest absolute Gasteiger partial charge is 0.493 e. The van der Waals surface area contributed by atoms with Crippen molar-refractivity contribution in [3.8, 4) is 17.2 Å². The maximum atomic E-state index is 11.1. The molecule has 3 N–H and O–H groups in total. The molecule has 0 heterocycles. The van der Waals surface area contributed by atoms with Crippen molar-refractivity contribution < 1.29 is 24.1 Å². The Hall–Kier alpha value is -1.95. The molecule has 1 rings (SSSR count). The number of rotatable bonds is 7. The van der Waals surface area contributed by atoms with Gasteiger partial charge in [-0.2, -0.15) is 0 Å². The Kier molecular flexibility index (Phi) is 5.26. The number of carbonyl (C=O) groups excluding carboxylic acids is 1. The summed E-state index contributed by atoms with van der Waals surface area (Å²) >= 11 is 0. The Labute approximate surface area is 105 Å². The summed E-state index contributed by atoms with van der Waals surface area (Å²) in [6.45, 7) is 0.350. The van der Waals surface area contributed by atoms with Gasteiger partial charge in [-0.1, -0.05) is 0 Å². The Bertz CT molecular complexity index is 394. The molecule has 1 aromatic rings. The Morgan fingerprint density at radius 1 is 1.28 bits per heavy atom. The molecule has 0 aromatic heterocycles. The van der Waals surface area contributed by atoms with Crippen LogP contribution in [0.25, 0.3) is 0 Å². The molecule has 1 aromatic carbocycles. The van der Waals surface area contributed by atoms with Crippen LogP contribution in [0, 0.1) is 0 Å². The molecule has 6 heteroatoms. The molecule has 0 spiro atoms. The van der Waals surface area contributed by atoms with Gasteiger partial charge in [-0.25, -0.2) is 0 Å². The minimum absolute atomic E-state index is 0.0317. The lowest BCUT2D eigenvalue weighted by atomic mass is 10.1. The Morgan fingerprint density at radius 3 is 2.22 bits per heavy atom. The van der Waals surface area contributed by atoms with E-state index in [-0.39, 0.29) is 12.2 Å². The molecule has 0 saturated heterocycles. The summed E-state index contributed by atoms with van der Waals surface area (Å²) in [6, 6.07) is 2.97. The SMILES string of the molecule is COc1cc(C(N)=O)cc(OC)c1OCCCO. The maximum absolute atomic E-state index is 11.1. The van der Waals surface area contributed by atoms with Crippen LogP contribution in [0.4, 0.5) is 0 Å². The summed E-state index contributed by atoms with van der Waals surface area (Å²) < 4.78 is 15.7. The van der Waals surface area contributed by atoms with E-state index in [1.807, 2.05) is 0 Å². The van der Waals surface area contributed by atoms with Crippen molar-refractivity contribution in [1.82, 2.24) is 0 Å². The van der Waals surface area contributed by atoms with Gasteiger partial charge in [0.25, 0.3) is 0 Å². The molecule has 0 aliphatic heterocycles. The fourth-order valence-electron chi connectivity index (χ4n) is 1.40. The average Bonchev–Trinajstić information content (AvgIpc) is 2.38. The molecule has 0 fully saturated rings. The van der Waals surface area contributed by atoms with Crippen molar-refractivity contribution in [2.75, 3.05) is 27.4 Å². The minimum atomic E-state index is -0.575. The predicted octanol–water partition coefficient (Wildman–Crippen LogP) is 0.564. The number of hydrogen-bond acceptors (Lipinski definition) is 5. The summed E-state index contributed by atoms with van der Waals surface area (Å²) in [7, 11) is 2.91. The average molecular weight is 255 g/mol. The summed E-state index contributed by atoms with van der Waals surface area (Å²) in [6.07, 6.45) is 0.490. The summed E-state index contributed by atoms with van der Waals surface area (Å²) in [5.74, 6) is 0.536. The third-order valence-corrected chi connectivity index (χ3v) is 2.29. The topological polar surface area (TPSA) is 91.0 Å². The normalized spacial score (nSPS) is 9.94. The van der Waals surface area contributed by atoms with Gasteiger partial charge in [0.05, 0.1) is 20.8 Å². The zero-order valence-electron chi connectivity index (χ0n) is 10.4. The number of benzene rings is 1. The van der Waals surface area contributed by atoms with Crippen LogP contribution in [0.5, 0.6) is 17.2 Å². The van der Waals surface area contributed by atoms with Crippen LogP contribution < -0.4 is 19.9 Å². The van der Waals surface area contributed by atoms with Gasteiger partial charge in [-0.05, 0) is 12.1 Å². The van der Waals surface area contributed by atoms with Crippen LogP contribution in [0.3, 0.4) is 0 Å². The molecule has 18 heavy (non-hydrogen) atoms. The van der Waals surface area contributed by atoms with Crippen molar-refractivity contribution in [2.24, 2.45) is 5.73 Å². The van der Waals surface area contributed by atoms with Crippen molar-refractivity contribution in [3.63, 3.8) is 0 Å². The van der Waals surface area contributed by atoms with Crippen molar-refractivity contribution >= 4 is 5.91 Å². The van der Waals surface area contributed by atoms with E-state index in [4.69, 9.17) is 25.1 Å². The highest BCUT2D eigenvalue weighted by atomic mass is 16.5. The second-order valence-corrected chi connectivity index (χ2v) is 3.50. The number of carbonyl (C=O) groups is 1. The minimum Gasteiger partial charge on any atom is -0.493 e. The first kappa shape index (κ1) is 14.1. The number of aliphatic hydroxyl groups is 1. The first-order valence-electron chi connectivity index (χ1n) is 5.43. The van der Waals surface area contributed by atoms with Crippen LogP contribution in [0.15, 0.2) is 12.1 Å². The third kappa shape index (κ3) is 3.27. The standard InChI is InChI=1S/C12H17NO5/c1-16-9-6-8(12(13)15)7-10(17-2)11(9)18-5-3-4-14/h6-7,14H,3-5H2,1-2H3,(H2,13,15). The van der Waals surface area contributed by atoms with Gasteiger partial charge in [0.15, 0.2) is 11.5 Å². The van der Waals surface area contributed by atoms with Gasteiger partial charge in [0, 0.05) is 18.6 Å². The van der Waals surface area contributed by atoms with Gasteiger partial charge in [0.1, 0.15) is 0 Å². The fourth-order valence-corrected chi connectivity index (χ4v) is 1.40. The number of aliphatic hydroxyl groups excluding tert-OH is 1. The van der Waals surface area contributed by atoms with Gasteiger partial charge >= 0.3 is 0 Å². The van der Waals surface area contributed by atoms with Crippen LogP contribution in [-0.2, 0) is 0 Å². The molecule has 0 aliphatic rings. The summed E-state index contributed by atoms with van der Waals surface area (Å²) in [5.41, 5.74) is 5.48. The highest BCUT2D eigenvalue weighted by Gasteiger charge is 2.16. The van der Waals surface area contributed by atoms with E-state index in [0.29, 0.717) is 30.3 Å². The zero-order chi connectivity index (χ0) is 13.5. The maximum Gasteiger partial charge on any atom is 0.248 e. The lowest BCUT2D eigenvalue weighted by molar-refractivity contribution is 0.0999. The van der Waals surface area contributed by atoms with E-state index in [9.17, 15) is 4.79 Å². The van der Waals surface area contributed by atoms with E-state index < -0.39 is 5.91 Å². The molecular formula is C12H17NO5. The smallest absolute Gasteiger partial charge is 0.248 e. The van der Waals surface area contributed by atoms with Crippen LogP contribution in [0.2, 0.25) is 0 Å². The van der Waals surface area contributed by atoms with E-state index in [1.165, 1.54) is 26.4 Å². The second kappa shape index (κ2) is 6.70. The molecule has 0 atom stereocenters. The fraction of sp³-hybridized carbons (Fsp3) is 0.417. The number of methoxy groups -OCH3 is 2. The Balaban J connectivity index is 3.09. The number of hydrogen-bond donors (Lipinski definition) is 2. The van der Waals surface area contributed by atoms with Gasteiger partial charge in [0.2, 0.25) is 11.7 Å². The van der Waals surface area contributed by atoms with Crippen molar-refractivity contribution in [1.29, 1.82) is 0 Å². The molecule has 6 nitrogen and oxygen atoms in total. The van der Waals surface area contributed by atoms with Crippen LogP contribution >= 0.6 is 0 Å². The van der Waals surface area contributed by atoms with E-state index in [0.717, 1.165) is 0 Å². The van der Waals surface area contributed by atoms with Gasteiger partial charge in [-0.3, -0.25) is 4.79 Å². The third-order valence-electron chi connectivity index (χ3n) is 2.29. The van der Waals surface area contributed by atoms with Crippen molar-refractivity contribution in [3.05, 3.63) is 17.7 Å². The van der Waals surface area contributed by atoms with Crippen molar-refractivity contribution in [2.45, 2.75) is 6.42 Å². The van der Waals surface area contributed by atoms with E-state index in [2.05, 4.69) is 0 Å². The number of primary amides is 1. The van der Waals surface area contributed by atoms with Gasteiger partial charge in [-0.15, -0.1) is 0 Å². The zero-order valence-corrected chi connectivity index (χ0v) is 10.4. The quantitative estimate of drug-likeness (QED) is 0.695. The molecule has 0 aliphatic carbocycles. The molecule has 0 unspecified atom stereocenters. The first-order chi connectivity index (χ1) is 8.63. The summed E-state index contributed by atoms with van der Waals surface area (Å²) in [4.78, 5) is 11.1. The molecule has 1 amide bonds. The molecule has 100 valence electrons. The highest BCUT2D eigenvalue weighted by Crippen LogP contribution is 2.38. The highest BCUT2D eigenvalue weighted by molar-refractivity contribution is 5.94. The predicted molar refractivity (Wildman–Crippen MR) is 65.3 cm³/mol. The summed E-state index contributed by atoms with van der Waals surface area (Å²) in [5, 5.41) is 8.71. The van der Waals surface area contributed by atoms with E-state index >= 15 is 0 Å². The molecule has 0 radical (unpaired) electrons. The molecular weight excluding hydrogens is 238 g/mol. The Morgan fingerprint density at radius 2 is 1.83 bits per heavy atom.